The fourth-order valence-corrected chi connectivity index (χ4v) is 4.72. The molecule has 0 spiro atoms. The molecule has 0 aromatic heterocycles. The Labute approximate surface area is 166 Å². The molecule has 0 aliphatic carbocycles. The van der Waals surface area contributed by atoms with Crippen LogP contribution in [0.25, 0.3) is 0 Å². The molecular weight excluding hydrogens is 376 g/mol. The van der Waals surface area contributed by atoms with Gasteiger partial charge in [0.05, 0.1) is 18.1 Å². The molecule has 1 heterocycles. The van der Waals surface area contributed by atoms with Gasteiger partial charge in [-0.05, 0) is 43.0 Å². The Morgan fingerprint density at radius 1 is 1.11 bits per heavy atom. The van der Waals surface area contributed by atoms with Crippen LogP contribution < -0.4 is 5.32 Å². The van der Waals surface area contributed by atoms with E-state index < -0.39 is 10.0 Å². The predicted octanol–water partition coefficient (Wildman–Crippen LogP) is 2.73. The topological polar surface area (TPSA) is 75.7 Å². The van der Waals surface area contributed by atoms with E-state index in [1.165, 1.54) is 10.4 Å². The van der Waals surface area contributed by atoms with Crippen molar-refractivity contribution in [1.29, 1.82) is 0 Å². The zero-order valence-corrected chi connectivity index (χ0v) is 16.9. The zero-order chi connectivity index (χ0) is 20.0. The molecule has 1 amide bonds. The molecule has 0 bridgehead atoms. The maximum absolute atomic E-state index is 12.7. The molecule has 150 valence electrons. The first-order chi connectivity index (χ1) is 13.5. The Balaban J connectivity index is 1.57. The SMILES string of the molecule is Cc1ccc(S(=O)(=O)N2CCCC2)cc1C(=O)NCCOCc1ccccc1. The van der Waals surface area contributed by atoms with Gasteiger partial charge in [0.25, 0.3) is 5.91 Å². The van der Waals surface area contributed by atoms with E-state index in [2.05, 4.69) is 5.32 Å². The van der Waals surface area contributed by atoms with E-state index >= 15 is 0 Å². The molecule has 7 heteroatoms. The summed E-state index contributed by atoms with van der Waals surface area (Å²) < 4.78 is 32.5. The molecule has 2 aromatic rings. The van der Waals surface area contributed by atoms with Gasteiger partial charge in [-0.1, -0.05) is 36.4 Å². The van der Waals surface area contributed by atoms with Gasteiger partial charge in [-0.3, -0.25) is 4.79 Å². The molecule has 0 unspecified atom stereocenters. The van der Waals surface area contributed by atoms with Gasteiger partial charge in [-0.25, -0.2) is 8.42 Å². The highest BCUT2D eigenvalue weighted by Crippen LogP contribution is 2.23. The summed E-state index contributed by atoms with van der Waals surface area (Å²) >= 11 is 0. The second-order valence-corrected chi connectivity index (χ2v) is 8.82. The van der Waals surface area contributed by atoms with Crippen LogP contribution in [0.4, 0.5) is 0 Å². The molecule has 1 N–H and O–H groups in total. The maximum Gasteiger partial charge on any atom is 0.251 e. The van der Waals surface area contributed by atoms with Crippen LogP contribution in [0.2, 0.25) is 0 Å². The number of nitrogens with zero attached hydrogens (tertiary/aromatic N) is 1. The number of nitrogens with one attached hydrogen (secondary N) is 1. The molecule has 1 aliphatic heterocycles. The van der Waals surface area contributed by atoms with E-state index in [0.29, 0.717) is 38.4 Å². The lowest BCUT2D eigenvalue weighted by Crippen LogP contribution is -2.30. The fourth-order valence-electron chi connectivity index (χ4n) is 3.18. The summed E-state index contributed by atoms with van der Waals surface area (Å²) in [6, 6.07) is 14.5. The minimum Gasteiger partial charge on any atom is -0.375 e. The Hall–Kier alpha value is -2.22. The lowest BCUT2D eigenvalue weighted by molar-refractivity contribution is 0.0900. The fraction of sp³-hybridized carbons (Fsp3) is 0.381. The predicted molar refractivity (Wildman–Crippen MR) is 108 cm³/mol. The Morgan fingerprint density at radius 2 is 1.82 bits per heavy atom. The molecule has 3 rings (SSSR count). The van der Waals surface area contributed by atoms with E-state index in [-0.39, 0.29) is 10.8 Å². The number of sulfonamides is 1. The summed E-state index contributed by atoms with van der Waals surface area (Å²) in [4.78, 5) is 12.7. The van der Waals surface area contributed by atoms with Crippen LogP contribution >= 0.6 is 0 Å². The van der Waals surface area contributed by atoms with Crippen LogP contribution in [-0.2, 0) is 21.4 Å². The maximum atomic E-state index is 12.7. The summed E-state index contributed by atoms with van der Waals surface area (Å²) in [6.07, 6.45) is 1.75. The molecule has 1 fully saturated rings. The monoisotopic (exact) mass is 402 g/mol. The average molecular weight is 403 g/mol. The van der Waals surface area contributed by atoms with E-state index in [1.54, 1.807) is 19.1 Å². The van der Waals surface area contributed by atoms with Gasteiger partial charge in [-0.2, -0.15) is 4.31 Å². The second kappa shape index (κ2) is 9.32. The number of ether oxygens (including phenoxy) is 1. The minimum atomic E-state index is -3.54. The first-order valence-electron chi connectivity index (χ1n) is 9.49. The highest BCUT2D eigenvalue weighted by atomic mass is 32.2. The largest absolute Gasteiger partial charge is 0.375 e. The summed E-state index contributed by atoms with van der Waals surface area (Å²) in [6.45, 7) is 4.10. The molecule has 6 nitrogen and oxygen atoms in total. The molecule has 0 radical (unpaired) electrons. The van der Waals surface area contributed by atoms with E-state index in [4.69, 9.17) is 4.74 Å². The van der Waals surface area contributed by atoms with Crippen molar-refractivity contribution >= 4 is 15.9 Å². The van der Waals surface area contributed by atoms with Crippen molar-refractivity contribution in [2.24, 2.45) is 0 Å². The normalized spacial score (nSPS) is 14.9. The number of hydrogen-bond acceptors (Lipinski definition) is 4. The van der Waals surface area contributed by atoms with Crippen LogP contribution in [-0.4, -0.2) is 44.9 Å². The number of benzene rings is 2. The lowest BCUT2D eigenvalue weighted by Gasteiger charge is -2.17. The molecule has 2 aromatic carbocycles. The van der Waals surface area contributed by atoms with Crippen LogP contribution in [0.3, 0.4) is 0 Å². The number of hydrogen-bond donors (Lipinski definition) is 1. The van der Waals surface area contributed by atoms with Crippen molar-refractivity contribution in [2.75, 3.05) is 26.2 Å². The van der Waals surface area contributed by atoms with E-state index in [9.17, 15) is 13.2 Å². The summed E-state index contributed by atoms with van der Waals surface area (Å²) in [7, 11) is -3.54. The minimum absolute atomic E-state index is 0.172. The quantitative estimate of drug-likeness (QED) is 0.689. The number of amides is 1. The Bertz CT molecular complexity index is 907. The highest BCUT2D eigenvalue weighted by Gasteiger charge is 2.28. The Morgan fingerprint density at radius 3 is 2.54 bits per heavy atom. The van der Waals surface area contributed by atoms with E-state index in [1.807, 2.05) is 30.3 Å². The summed E-state index contributed by atoms with van der Waals surface area (Å²) in [5.41, 5.74) is 2.19. The van der Waals surface area contributed by atoms with Gasteiger partial charge in [0.1, 0.15) is 0 Å². The van der Waals surface area contributed by atoms with Crippen LogP contribution in [0.15, 0.2) is 53.4 Å². The van der Waals surface area contributed by atoms with Crippen molar-refractivity contribution in [3.63, 3.8) is 0 Å². The van der Waals surface area contributed by atoms with Crippen LogP contribution in [0, 0.1) is 6.92 Å². The van der Waals surface area contributed by atoms with E-state index in [0.717, 1.165) is 24.0 Å². The first kappa shape index (κ1) is 20.5. The number of aryl methyl sites for hydroxylation is 1. The highest BCUT2D eigenvalue weighted by molar-refractivity contribution is 7.89. The Kier molecular flexibility index (Phi) is 6.83. The molecular formula is C21H26N2O4S. The third kappa shape index (κ3) is 4.98. The smallest absolute Gasteiger partial charge is 0.251 e. The van der Waals surface area contributed by atoms with Gasteiger partial charge in [0.2, 0.25) is 10.0 Å². The van der Waals surface area contributed by atoms with Crippen molar-refractivity contribution in [2.45, 2.75) is 31.3 Å². The molecule has 0 saturated carbocycles. The van der Waals surface area contributed by atoms with Crippen molar-refractivity contribution in [3.05, 3.63) is 65.2 Å². The zero-order valence-electron chi connectivity index (χ0n) is 16.1. The summed E-state index contributed by atoms with van der Waals surface area (Å²) in [5, 5.41) is 2.80. The number of carbonyl (C=O) groups is 1. The summed E-state index contributed by atoms with van der Waals surface area (Å²) in [5.74, 6) is -0.292. The van der Waals surface area contributed by atoms with Crippen LogP contribution in [0.5, 0.6) is 0 Å². The second-order valence-electron chi connectivity index (χ2n) is 6.88. The average Bonchev–Trinajstić information content (AvgIpc) is 3.24. The first-order valence-corrected chi connectivity index (χ1v) is 10.9. The standard InChI is InChI=1S/C21H26N2O4S/c1-17-9-10-19(28(25,26)23-12-5-6-13-23)15-20(17)21(24)22-11-14-27-16-18-7-3-2-4-8-18/h2-4,7-10,15H,5-6,11-14,16H2,1H3,(H,22,24). The molecule has 0 atom stereocenters. The van der Waals surface area contributed by atoms with Gasteiger partial charge in [0, 0.05) is 25.2 Å². The molecule has 28 heavy (non-hydrogen) atoms. The van der Waals surface area contributed by atoms with Crippen molar-refractivity contribution in [1.82, 2.24) is 9.62 Å². The van der Waals surface area contributed by atoms with Gasteiger partial charge >= 0.3 is 0 Å². The third-order valence-corrected chi connectivity index (χ3v) is 6.69. The molecule has 1 saturated heterocycles. The number of carbonyl (C=O) groups excluding carboxylic acids is 1. The van der Waals surface area contributed by atoms with Crippen LogP contribution in [0.1, 0.15) is 34.3 Å². The molecule has 1 aliphatic rings. The van der Waals surface area contributed by atoms with Gasteiger partial charge in [0.15, 0.2) is 0 Å². The number of rotatable bonds is 8. The van der Waals surface area contributed by atoms with Crippen molar-refractivity contribution < 1.29 is 17.9 Å². The van der Waals surface area contributed by atoms with Crippen molar-refractivity contribution in [3.8, 4) is 0 Å². The van der Waals surface area contributed by atoms with Gasteiger partial charge in [-0.15, -0.1) is 0 Å². The van der Waals surface area contributed by atoms with Gasteiger partial charge < -0.3 is 10.1 Å². The lowest BCUT2D eigenvalue weighted by atomic mass is 10.1. The third-order valence-electron chi connectivity index (χ3n) is 4.80.